The third kappa shape index (κ3) is 6.66. The van der Waals surface area contributed by atoms with E-state index < -0.39 is 11.8 Å². The summed E-state index contributed by atoms with van der Waals surface area (Å²) in [7, 11) is 0. The monoisotopic (exact) mass is 509 g/mol. The second kappa shape index (κ2) is 10.8. The zero-order chi connectivity index (χ0) is 24.0. The van der Waals surface area contributed by atoms with Crippen LogP contribution in [0.5, 0.6) is 5.75 Å². The standard InChI is InChI=1S/C25H24BrN3O4/c1-15(2)33-22-12-9-19(26)14-21(22)25(32)29-28-24(31)17-7-10-20(11-8-17)27-23(30)18-6-4-5-16(3)13-18/h4-15H,1-3H3,(H,27,30)(H,28,31)(H,29,32). The van der Waals surface area contributed by atoms with Gasteiger partial charge >= 0.3 is 0 Å². The summed E-state index contributed by atoms with van der Waals surface area (Å²) in [5.41, 5.74) is 7.48. The predicted molar refractivity (Wildman–Crippen MR) is 130 cm³/mol. The van der Waals surface area contributed by atoms with Gasteiger partial charge in [0.1, 0.15) is 5.75 Å². The van der Waals surface area contributed by atoms with Gasteiger partial charge in [-0.25, -0.2) is 0 Å². The van der Waals surface area contributed by atoms with Crippen LogP contribution in [0.25, 0.3) is 0 Å². The number of anilines is 1. The topological polar surface area (TPSA) is 96.5 Å². The second-order valence-corrected chi connectivity index (χ2v) is 8.53. The highest BCUT2D eigenvalue weighted by Gasteiger charge is 2.16. The summed E-state index contributed by atoms with van der Waals surface area (Å²) in [4.78, 5) is 37.4. The summed E-state index contributed by atoms with van der Waals surface area (Å²) in [6, 6.07) is 18.7. The minimum atomic E-state index is -0.512. The molecule has 3 amide bonds. The Morgan fingerprint density at radius 3 is 2.18 bits per heavy atom. The molecule has 3 aromatic carbocycles. The SMILES string of the molecule is Cc1cccc(C(=O)Nc2ccc(C(=O)NNC(=O)c3cc(Br)ccc3OC(C)C)cc2)c1. The molecule has 0 saturated heterocycles. The van der Waals surface area contributed by atoms with Crippen molar-refractivity contribution in [3.05, 3.63) is 93.5 Å². The summed E-state index contributed by atoms with van der Waals surface area (Å²) >= 11 is 3.34. The molecule has 0 atom stereocenters. The average molecular weight is 510 g/mol. The van der Waals surface area contributed by atoms with E-state index in [1.54, 1.807) is 54.6 Å². The maximum atomic E-state index is 12.6. The predicted octanol–water partition coefficient (Wildman–Crippen LogP) is 4.87. The molecule has 8 heteroatoms. The van der Waals surface area contributed by atoms with Crippen molar-refractivity contribution >= 4 is 39.3 Å². The summed E-state index contributed by atoms with van der Waals surface area (Å²) in [6.45, 7) is 5.63. The van der Waals surface area contributed by atoms with E-state index in [0.717, 1.165) is 5.56 Å². The van der Waals surface area contributed by atoms with Crippen molar-refractivity contribution in [3.8, 4) is 5.75 Å². The van der Waals surface area contributed by atoms with E-state index in [1.807, 2.05) is 32.9 Å². The number of carbonyl (C=O) groups is 3. The summed E-state index contributed by atoms with van der Waals surface area (Å²) in [5.74, 6) is -0.839. The van der Waals surface area contributed by atoms with Gasteiger partial charge in [0, 0.05) is 21.3 Å². The highest BCUT2D eigenvalue weighted by Crippen LogP contribution is 2.24. The number of hydrogen-bond acceptors (Lipinski definition) is 4. The Hall–Kier alpha value is -3.65. The molecule has 0 radical (unpaired) electrons. The fraction of sp³-hybridized carbons (Fsp3) is 0.160. The van der Waals surface area contributed by atoms with Gasteiger partial charge in [0.2, 0.25) is 0 Å². The molecule has 3 aromatic rings. The number of hydrogen-bond donors (Lipinski definition) is 3. The van der Waals surface area contributed by atoms with Crippen LogP contribution in [0.2, 0.25) is 0 Å². The molecule has 0 unspecified atom stereocenters. The average Bonchev–Trinajstić information content (AvgIpc) is 2.78. The number of aryl methyl sites for hydroxylation is 1. The van der Waals surface area contributed by atoms with E-state index in [1.165, 1.54) is 0 Å². The number of ether oxygens (including phenoxy) is 1. The molecule has 0 aliphatic carbocycles. The molecule has 0 fully saturated rings. The molecule has 0 bridgehead atoms. The van der Waals surface area contributed by atoms with Crippen LogP contribution in [0.3, 0.4) is 0 Å². The van der Waals surface area contributed by atoms with Crippen molar-refractivity contribution in [3.63, 3.8) is 0 Å². The fourth-order valence-corrected chi connectivity index (χ4v) is 3.34. The normalized spacial score (nSPS) is 10.5. The lowest BCUT2D eigenvalue weighted by molar-refractivity contribution is 0.0843. The Morgan fingerprint density at radius 2 is 1.52 bits per heavy atom. The van der Waals surface area contributed by atoms with Crippen molar-refractivity contribution in [2.45, 2.75) is 26.9 Å². The third-order valence-electron chi connectivity index (χ3n) is 4.52. The molecular weight excluding hydrogens is 486 g/mol. The first-order chi connectivity index (χ1) is 15.7. The quantitative estimate of drug-likeness (QED) is 0.413. The number of amides is 3. The molecule has 170 valence electrons. The van der Waals surface area contributed by atoms with Crippen LogP contribution >= 0.6 is 15.9 Å². The van der Waals surface area contributed by atoms with Crippen LogP contribution in [0, 0.1) is 6.92 Å². The number of rotatable bonds is 6. The molecule has 0 aliphatic rings. The lowest BCUT2D eigenvalue weighted by atomic mass is 10.1. The first-order valence-electron chi connectivity index (χ1n) is 10.3. The van der Waals surface area contributed by atoms with Gasteiger partial charge in [-0.3, -0.25) is 25.2 Å². The molecule has 0 spiro atoms. The van der Waals surface area contributed by atoms with Crippen molar-refractivity contribution in [1.29, 1.82) is 0 Å². The van der Waals surface area contributed by atoms with Gasteiger partial charge in [0.15, 0.2) is 0 Å². The Labute approximate surface area is 200 Å². The Balaban J connectivity index is 1.60. The number of hydrazine groups is 1. The molecule has 3 rings (SSSR count). The molecule has 3 N–H and O–H groups in total. The number of benzene rings is 3. The molecular formula is C25H24BrN3O4. The van der Waals surface area contributed by atoms with E-state index in [9.17, 15) is 14.4 Å². The molecule has 0 aliphatic heterocycles. The van der Waals surface area contributed by atoms with E-state index in [2.05, 4.69) is 32.1 Å². The minimum absolute atomic E-state index is 0.114. The smallest absolute Gasteiger partial charge is 0.273 e. The Bertz CT molecular complexity index is 1180. The number of carbonyl (C=O) groups excluding carboxylic acids is 3. The van der Waals surface area contributed by atoms with Gasteiger partial charge in [0.25, 0.3) is 17.7 Å². The van der Waals surface area contributed by atoms with Gasteiger partial charge in [-0.15, -0.1) is 0 Å². The zero-order valence-electron chi connectivity index (χ0n) is 18.4. The van der Waals surface area contributed by atoms with Gasteiger partial charge in [0.05, 0.1) is 11.7 Å². The van der Waals surface area contributed by atoms with Crippen LogP contribution in [0.4, 0.5) is 5.69 Å². The van der Waals surface area contributed by atoms with Gasteiger partial charge in [-0.05, 0) is 75.4 Å². The van der Waals surface area contributed by atoms with Crippen LogP contribution < -0.4 is 20.9 Å². The van der Waals surface area contributed by atoms with E-state index in [4.69, 9.17) is 4.74 Å². The van der Waals surface area contributed by atoms with Crippen molar-refractivity contribution in [2.24, 2.45) is 0 Å². The van der Waals surface area contributed by atoms with Crippen molar-refractivity contribution in [2.75, 3.05) is 5.32 Å². The molecule has 0 aromatic heterocycles. The zero-order valence-corrected chi connectivity index (χ0v) is 20.0. The van der Waals surface area contributed by atoms with Gasteiger partial charge in [-0.1, -0.05) is 33.6 Å². The number of nitrogens with one attached hydrogen (secondary N) is 3. The summed E-state index contributed by atoms with van der Waals surface area (Å²) < 4.78 is 6.37. The minimum Gasteiger partial charge on any atom is -0.490 e. The van der Waals surface area contributed by atoms with E-state index in [-0.39, 0.29) is 17.6 Å². The third-order valence-corrected chi connectivity index (χ3v) is 5.02. The Kier molecular flexibility index (Phi) is 7.84. The molecule has 0 saturated carbocycles. The first kappa shape index (κ1) is 24.0. The highest BCUT2D eigenvalue weighted by atomic mass is 79.9. The molecule has 0 heterocycles. The summed E-state index contributed by atoms with van der Waals surface area (Å²) in [5, 5.41) is 2.79. The maximum absolute atomic E-state index is 12.6. The van der Waals surface area contributed by atoms with Gasteiger partial charge in [-0.2, -0.15) is 0 Å². The maximum Gasteiger partial charge on any atom is 0.273 e. The molecule has 33 heavy (non-hydrogen) atoms. The van der Waals surface area contributed by atoms with E-state index in [0.29, 0.717) is 27.0 Å². The second-order valence-electron chi connectivity index (χ2n) is 7.62. The van der Waals surface area contributed by atoms with Crippen LogP contribution in [-0.4, -0.2) is 23.8 Å². The van der Waals surface area contributed by atoms with Gasteiger partial charge < -0.3 is 10.1 Å². The van der Waals surface area contributed by atoms with Crippen LogP contribution in [0.15, 0.2) is 71.2 Å². The fourth-order valence-electron chi connectivity index (χ4n) is 2.98. The van der Waals surface area contributed by atoms with Crippen LogP contribution in [0.1, 0.15) is 50.5 Å². The van der Waals surface area contributed by atoms with E-state index >= 15 is 0 Å². The largest absolute Gasteiger partial charge is 0.490 e. The number of halogens is 1. The lowest BCUT2D eigenvalue weighted by Gasteiger charge is -2.15. The van der Waals surface area contributed by atoms with Crippen molar-refractivity contribution in [1.82, 2.24) is 10.9 Å². The Morgan fingerprint density at radius 1 is 0.818 bits per heavy atom. The highest BCUT2D eigenvalue weighted by molar-refractivity contribution is 9.10. The molecule has 7 nitrogen and oxygen atoms in total. The van der Waals surface area contributed by atoms with Crippen LogP contribution in [-0.2, 0) is 0 Å². The lowest BCUT2D eigenvalue weighted by Crippen LogP contribution is -2.41. The first-order valence-corrected chi connectivity index (χ1v) is 11.1. The van der Waals surface area contributed by atoms with Crippen molar-refractivity contribution < 1.29 is 19.1 Å². The summed E-state index contributed by atoms with van der Waals surface area (Å²) in [6.07, 6.45) is -0.114.